The van der Waals surface area contributed by atoms with Crippen LogP contribution in [0.2, 0.25) is 0 Å². The van der Waals surface area contributed by atoms with Crippen LogP contribution in [0.15, 0.2) is 48.8 Å². The molecule has 36 heavy (non-hydrogen) atoms. The van der Waals surface area contributed by atoms with Crippen LogP contribution in [0.1, 0.15) is 51.4 Å². The van der Waals surface area contributed by atoms with Gasteiger partial charge in [0, 0.05) is 36.4 Å². The van der Waals surface area contributed by atoms with Gasteiger partial charge in [0.2, 0.25) is 0 Å². The first-order chi connectivity index (χ1) is 17.4. The van der Waals surface area contributed by atoms with Gasteiger partial charge in [-0.05, 0) is 30.3 Å². The Morgan fingerprint density at radius 1 is 1.19 bits per heavy atom. The Bertz CT molecular complexity index is 1560. The minimum absolute atomic E-state index is 0.000405. The highest BCUT2D eigenvalue weighted by molar-refractivity contribution is 5.97. The number of aliphatic hydroxyl groups excluding tert-OH is 1. The highest BCUT2D eigenvalue weighted by Crippen LogP contribution is 2.49. The molecule has 2 bridgehead atoms. The van der Waals surface area contributed by atoms with Gasteiger partial charge < -0.3 is 19.3 Å². The van der Waals surface area contributed by atoms with Crippen molar-refractivity contribution in [2.24, 2.45) is 0 Å². The van der Waals surface area contributed by atoms with Gasteiger partial charge in [0.1, 0.15) is 11.6 Å². The van der Waals surface area contributed by atoms with Gasteiger partial charge in [-0.2, -0.15) is 13.9 Å². The molecule has 2 aliphatic heterocycles. The largest absolute Gasteiger partial charge is 0.434 e. The van der Waals surface area contributed by atoms with Gasteiger partial charge in [-0.15, -0.1) is 0 Å². The Balaban J connectivity index is 1.47. The fourth-order valence-electron chi connectivity index (χ4n) is 5.15. The Morgan fingerprint density at radius 2 is 2.03 bits per heavy atom. The van der Waals surface area contributed by atoms with Crippen LogP contribution < -0.4 is 4.74 Å². The Kier molecular flexibility index (Phi) is 5.23. The first kappa shape index (κ1) is 22.2. The van der Waals surface area contributed by atoms with Crippen molar-refractivity contribution >= 4 is 16.9 Å². The molecule has 0 saturated carbocycles. The number of rotatable bonds is 4. The summed E-state index contributed by atoms with van der Waals surface area (Å²) in [6.07, 6.45) is 3.91. The normalized spacial score (nSPS) is 18.1. The number of imidazole rings is 1. The number of hydrogen-bond acceptors (Lipinski definition) is 5. The summed E-state index contributed by atoms with van der Waals surface area (Å²) in [5.74, 6) is 6.68. The SMILES string of the molecule is CN1C(=O)c2cccc(OC(F)F)c2[C@H]2CC1c1nc3ccc(C#Cc4cnn(CCO)c4)cc3n12. The van der Waals surface area contributed by atoms with Crippen LogP contribution in [0.5, 0.6) is 5.75 Å². The fraction of sp³-hybridized carbons (Fsp3) is 0.269. The van der Waals surface area contributed by atoms with Gasteiger partial charge in [0.05, 0.1) is 48.0 Å². The maximum absolute atomic E-state index is 13.2. The van der Waals surface area contributed by atoms with E-state index in [0.717, 1.165) is 22.2 Å². The molecule has 1 unspecified atom stereocenters. The summed E-state index contributed by atoms with van der Waals surface area (Å²) in [4.78, 5) is 19.6. The number of alkyl halides is 2. The quantitative estimate of drug-likeness (QED) is 0.445. The third-order valence-corrected chi connectivity index (χ3v) is 6.72. The number of nitrogens with zero attached hydrogens (tertiary/aromatic N) is 5. The highest BCUT2D eigenvalue weighted by Gasteiger charge is 2.45. The third kappa shape index (κ3) is 3.51. The van der Waals surface area contributed by atoms with Gasteiger partial charge in [0.15, 0.2) is 0 Å². The van der Waals surface area contributed by atoms with E-state index in [1.165, 1.54) is 6.07 Å². The molecule has 1 amide bonds. The van der Waals surface area contributed by atoms with Crippen LogP contribution in [0.4, 0.5) is 8.78 Å². The number of ether oxygens (including phenoxy) is 1. The topological polar surface area (TPSA) is 85.4 Å². The van der Waals surface area contributed by atoms with E-state index in [9.17, 15) is 13.6 Å². The van der Waals surface area contributed by atoms with E-state index >= 15 is 0 Å². The van der Waals surface area contributed by atoms with Crippen molar-refractivity contribution in [2.75, 3.05) is 13.7 Å². The summed E-state index contributed by atoms with van der Waals surface area (Å²) in [6, 6.07) is 9.66. The Labute approximate surface area is 204 Å². The predicted molar refractivity (Wildman–Crippen MR) is 126 cm³/mol. The number of halogens is 2. The molecule has 1 N–H and O–H groups in total. The average Bonchev–Trinajstić information content (AvgIpc) is 3.54. The van der Waals surface area contributed by atoms with Gasteiger partial charge in [-0.1, -0.05) is 17.9 Å². The van der Waals surface area contributed by atoms with Crippen molar-refractivity contribution in [3.63, 3.8) is 0 Å². The molecular formula is C26H21F2N5O3. The van der Waals surface area contributed by atoms with Crippen molar-refractivity contribution in [3.05, 3.63) is 76.9 Å². The number of hydrogen-bond donors (Lipinski definition) is 1. The predicted octanol–water partition coefficient (Wildman–Crippen LogP) is 3.35. The molecule has 182 valence electrons. The first-order valence-corrected chi connectivity index (χ1v) is 11.5. The molecule has 0 saturated heterocycles. The zero-order valence-electron chi connectivity index (χ0n) is 19.2. The molecule has 10 heteroatoms. The van der Waals surface area contributed by atoms with Crippen LogP contribution in [-0.2, 0) is 6.54 Å². The van der Waals surface area contributed by atoms with E-state index in [-0.39, 0.29) is 24.3 Å². The molecule has 2 aromatic heterocycles. The number of carbonyl (C=O) groups excluding carboxylic acids is 1. The number of amides is 1. The molecule has 0 fully saturated rings. The second-order valence-electron chi connectivity index (χ2n) is 8.79. The number of aromatic nitrogens is 4. The molecule has 0 aliphatic carbocycles. The molecule has 2 atom stereocenters. The van der Waals surface area contributed by atoms with Crippen molar-refractivity contribution in [3.8, 4) is 17.6 Å². The van der Waals surface area contributed by atoms with E-state index in [1.807, 2.05) is 22.8 Å². The number of benzene rings is 2. The summed E-state index contributed by atoms with van der Waals surface area (Å²) >= 11 is 0. The lowest BCUT2D eigenvalue weighted by Gasteiger charge is -2.24. The van der Waals surface area contributed by atoms with Crippen molar-refractivity contribution in [2.45, 2.75) is 31.7 Å². The monoisotopic (exact) mass is 489 g/mol. The number of carbonyl (C=O) groups is 1. The van der Waals surface area contributed by atoms with E-state index in [4.69, 9.17) is 14.8 Å². The van der Waals surface area contributed by atoms with Gasteiger partial charge in [0.25, 0.3) is 5.91 Å². The molecule has 2 aromatic carbocycles. The Morgan fingerprint density at radius 3 is 2.83 bits per heavy atom. The van der Waals surface area contributed by atoms with Crippen LogP contribution in [-0.4, -0.2) is 55.5 Å². The summed E-state index contributed by atoms with van der Waals surface area (Å²) in [5, 5.41) is 13.2. The lowest BCUT2D eigenvalue weighted by Crippen LogP contribution is -2.30. The molecule has 2 aliphatic rings. The summed E-state index contributed by atoms with van der Waals surface area (Å²) < 4.78 is 35.0. The second-order valence-corrected chi connectivity index (χ2v) is 8.79. The first-order valence-electron chi connectivity index (χ1n) is 11.5. The molecule has 8 nitrogen and oxygen atoms in total. The van der Waals surface area contributed by atoms with E-state index < -0.39 is 12.7 Å². The summed E-state index contributed by atoms with van der Waals surface area (Å²) in [6.45, 7) is -2.62. The van der Waals surface area contributed by atoms with Crippen molar-refractivity contribution in [1.82, 2.24) is 24.2 Å². The molecule has 6 rings (SSSR count). The molecule has 4 heterocycles. The number of fused-ring (bicyclic) bond motifs is 9. The maximum Gasteiger partial charge on any atom is 0.387 e. The maximum atomic E-state index is 13.2. The molecule has 0 radical (unpaired) electrons. The van der Waals surface area contributed by atoms with Gasteiger partial charge in [-0.3, -0.25) is 9.48 Å². The zero-order valence-corrected chi connectivity index (χ0v) is 19.2. The third-order valence-electron chi connectivity index (χ3n) is 6.72. The minimum atomic E-state index is -3.01. The standard InChI is InChI=1S/C26H21F2N5O3/c1-31-21-12-20(23-17(25(31)35)3-2-4-22(23)36-26(27)28)33-19-11-15(7-8-18(19)30-24(21)33)5-6-16-13-29-32(14-16)9-10-34/h2-4,7-8,11,13-14,20-21,26,34H,9-10,12H2,1H3/t20-,21?/m1/s1. The number of aliphatic hydroxyl groups is 1. The van der Waals surface area contributed by atoms with E-state index in [2.05, 4.69) is 16.9 Å². The highest BCUT2D eigenvalue weighted by atomic mass is 19.3. The summed E-state index contributed by atoms with van der Waals surface area (Å²) in [5.41, 5.74) is 3.81. The lowest BCUT2D eigenvalue weighted by molar-refractivity contribution is -0.0507. The van der Waals surface area contributed by atoms with Crippen molar-refractivity contribution in [1.29, 1.82) is 0 Å². The molecular weight excluding hydrogens is 468 g/mol. The lowest BCUT2D eigenvalue weighted by atomic mass is 9.97. The van der Waals surface area contributed by atoms with Gasteiger partial charge in [-0.25, -0.2) is 4.98 Å². The minimum Gasteiger partial charge on any atom is -0.434 e. The molecule has 4 aromatic rings. The van der Waals surface area contributed by atoms with Crippen LogP contribution >= 0.6 is 0 Å². The fourth-order valence-corrected chi connectivity index (χ4v) is 5.15. The molecule has 0 spiro atoms. The average molecular weight is 489 g/mol. The van der Waals surface area contributed by atoms with Crippen LogP contribution in [0.3, 0.4) is 0 Å². The summed E-state index contributed by atoms with van der Waals surface area (Å²) in [7, 11) is 1.71. The zero-order chi connectivity index (χ0) is 25.0. The Hall–Kier alpha value is -4.23. The van der Waals surface area contributed by atoms with E-state index in [1.54, 1.807) is 41.2 Å². The van der Waals surface area contributed by atoms with E-state index in [0.29, 0.717) is 29.9 Å². The van der Waals surface area contributed by atoms with Gasteiger partial charge >= 0.3 is 6.61 Å². The second kappa shape index (κ2) is 8.46. The van der Waals surface area contributed by atoms with Crippen LogP contribution in [0, 0.1) is 11.8 Å². The van der Waals surface area contributed by atoms with Crippen molar-refractivity contribution < 1.29 is 23.4 Å². The van der Waals surface area contributed by atoms with Crippen LogP contribution in [0.25, 0.3) is 11.0 Å². The smallest absolute Gasteiger partial charge is 0.387 e.